The molecular formula is C17H16O5. The number of rotatable bonds is 5. The maximum atomic E-state index is 12.0. The highest BCUT2D eigenvalue weighted by molar-refractivity contribution is 6.02. The third-order valence-corrected chi connectivity index (χ3v) is 3.20. The summed E-state index contributed by atoms with van der Waals surface area (Å²) in [5, 5.41) is 10.4. The Morgan fingerprint density at radius 3 is 2.59 bits per heavy atom. The number of phenolic OH excluding ortho intramolecular Hbond substituents is 1. The van der Waals surface area contributed by atoms with Gasteiger partial charge in [-0.05, 0) is 25.1 Å². The fourth-order valence-corrected chi connectivity index (χ4v) is 2.21. The van der Waals surface area contributed by atoms with Crippen LogP contribution in [0.5, 0.6) is 11.5 Å². The van der Waals surface area contributed by atoms with Crippen molar-refractivity contribution in [2.45, 2.75) is 6.92 Å². The number of para-hydroxylation sites is 1. The maximum absolute atomic E-state index is 12.0. The summed E-state index contributed by atoms with van der Waals surface area (Å²) in [6.07, 6.45) is 0.531. The Hall–Kier alpha value is -2.82. The van der Waals surface area contributed by atoms with E-state index in [1.807, 2.05) is 6.92 Å². The van der Waals surface area contributed by atoms with Gasteiger partial charge in [0.05, 0.1) is 24.8 Å². The van der Waals surface area contributed by atoms with Gasteiger partial charge in [-0.25, -0.2) is 4.79 Å². The minimum atomic E-state index is -0.603. The predicted molar refractivity (Wildman–Crippen MR) is 81.4 cm³/mol. The summed E-state index contributed by atoms with van der Waals surface area (Å²) >= 11 is 0. The molecule has 2 rings (SSSR count). The standard InChI is InChI=1S/C17H16O5/c1-3-22-14-7-5-4-6-12(14)15-13(17(20)21-2)9-8-11(10-18)16(15)19/h4-10,19H,3H2,1-2H3. The number of ether oxygens (including phenoxy) is 2. The van der Waals surface area contributed by atoms with Gasteiger partial charge >= 0.3 is 5.97 Å². The van der Waals surface area contributed by atoms with Gasteiger partial charge in [0, 0.05) is 11.1 Å². The molecule has 0 fully saturated rings. The summed E-state index contributed by atoms with van der Waals surface area (Å²) in [5.41, 5.74) is 0.998. The van der Waals surface area contributed by atoms with E-state index in [1.54, 1.807) is 24.3 Å². The first kappa shape index (κ1) is 15.6. The molecule has 5 heteroatoms. The number of hydrogen-bond donors (Lipinski definition) is 1. The van der Waals surface area contributed by atoms with Crippen LogP contribution in [0.1, 0.15) is 27.6 Å². The smallest absolute Gasteiger partial charge is 0.338 e. The fraction of sp³-hybridized carbons (Fsp3) is 0.176. The van der Waals surface area contributed by atoms with Gasteiger partial charge in [-0.2, -0.15) is 0 Å². The van der Waals surface area contributed by atoms with Crippen LogP contribution in [0.15, 0.2) is 36.4 Å². The molecule has 0 aliphatic rings. The van der Waals surface area contributed by atoms with E-state index in [0.29, 0.717) is 24.2 Å². The molecule has 0 saturated carbocycles. The minimum Gasteiger partial charge on any atom is -0.507 e. The van der Waals surface area contributed by atoms with Crippen LogP contribution in [0.3, 0.4) is 0 Å². The Labute approximate surface area is 128 Å². The molecule has 0 saturated heterocycles. The molecule has 0 atom stereocenters. The van der Waals surface area contributed by atoms with Crippen LogP contribution in [-0.2, 0) is 4.74 Å². The van der Waals surface area contributed by atoms with Gasteiger partial charge in [0.2, 0.25) is 0 Å². The Morgan fingerprint density at radius 2 is 1.95 bits per heavy atom. The predicted octanol–water partition coefficient (Wildman–Crippen LogP) is 3.06. The molecule has 0 aromatic heterocycles. The van der Waals surface area contributed by atoms with Crippen LogP contribution in [0.2, 0.25) is 0 Å². The first-order valence-electron chi connectivity index (χ1n) is 6.75. The summed E-state index contributed by atoms with van der Waals surface area (Å²) in [4.78, 5) is 23.0. The lowest BCUT2D eigenvalue weighted by molar-refractivity contribution is 0.0601. The van der Waals surface area contributed by atoms with E-state index in [9.17, 15) is 14.7 Å². The Bertz CT molecular complexity index is 706. The molecular weight excluding hydrogens is 284 g/mol. The third-order valence-electron chi connectivity index (χ3n) is 3.20. The summed E-state index contributed by atoms with van der Waals surface area (Å²) in [6.45, 7) is 2.26. The second kappa shape index (κ2) is 6.76. The summed E-state index contributed by atoms with van der Waals surface area (Å²) in [5.74, 6) is -0.368. The molecule has 22 heavy (non-hydrogen) atoms. The second-order valence-electron chi connectivity index (χ2n) is 4.46. The van der Waals surface area contributed by atoms with Crippen molar-refractivity contribution in [2.24, 2.45) is 0 Å². The molecule has 1 N–H and O–H groups in total. The van der Waals surface area contributed by atoms with Gasteiger partial charge in [-0.1, -0.05) is 18.2 Å². The number of phenols is 1. The van der Waals surface area contributed by atoms with E-state index in [-0.39, 0.29) is 22.4 Å². The number of esters is 1. The minimum absolute atomic E-state index is 0.0916. The topological polar surface area (TPSA) is 72.8 Å². The van der Waals surface area contributed by atoms with E-state index in [1.165, 1.54) is 19.2 Å². The average Bonchev–Trinajstić information content (AvgIpc) is 2.55. The van der Waals surface area contributed by atoms with Crippen molar-refractivity contribution < 1.29 is 24.2 Å². The molecule has 0 amide bonds. The molecule has 0 heterocycles. The number of carbonyl (C=O) groups excluding carboxylic acids is 2. The SMILES string of the molecule is CCOc1ccccc1-c1c(C(=O)OC)ccc(C=O)c1O. The number of hydrogen-bond acceptors (Lipinski definition) is 5. The van der Waals surface area contributed by atoms with Crippen molar-refractivity contribution in [1.29, 1.82) is 0 Å². The fourth-order valence-electron chi connectivity index (χ4n) is 2.21. The van der Waals surface area contributed by atoms with E-state index in [4.69, 9.17) is 9.47 Å². The zero-order valence-corrected chi connectivity index (χ0v) is 12.3. The van der Waals surface area contributed by atoms with E-state index in [2.05, 4.69) is 0 Å². The van der Waals surface area contributed by atoms with Gasteiger partial charge in [0.25, 0.3) is 0 Å². The van der Waals surface area contributed by atoms with Crippen molar-refractivity contribution >= 4 is 12.3 Å². The third kappa shape index (κ3) is 2.79. The maximum Gasteiger partial charge on any atom is 0.338 e. The van der Waals surface area contributed by atoms with Gasteiger partial charge < -0.3 is 14.6 Å². The summed E-state index contributed by atoms with van der Waals surface area (Å²) < 4.78 is 10.3. The van der Waals surface area contributed by atoms with Crippen LogP contribution in [-0.4, -0.2) is 31.1 Å². The van der Waals surface area contributed by atoms with E-state index in [0.717, 1.165) is 0 Å². The summed E-state index contributed by atoms with van der Waals surface area (Å²) in [7, 11) is 1.26. The van der Waals surface area contributed by atoms with Crippen molar-refractivity contribution in [3.63, 3.8) is 0 Å². The first-order chi connectivity index (χ1) is 10.6. The molecule has 114 valence electrons. The van der Waals surface area contributed by atoms with Crippen molar-refractivity contribution in [2.75, 3.05) is 13.7 Å². The molecule has 0 radical (unpaired) electrons. The molecule has 5 nitrogen and oxygen atoms in total. The quantitative estimate of drug-likeness (QED) is 0.678. The lowest BCUT2D eigenvalue weighted by atomic mass is 9.95. The molecule has 0 bridgehead atoms. The van der Waals surface area contributed by atoms with Crippen LogP contribution >= 0.6 is 0 Å². The molecule has 0 spiro atoms. The highest BCUT2D eigenvalue weighted by atomic mass is 16.5. The zero-order chi connectivity index (χ0) is 16.1. The summed E-state index contributed by atoms with van der Waals surface area (Å²) in [6, 6.07) is 9.81. The van der Waals surface area contributed by atoms with Crippen LogP contribution in [0, 0.1) is 0 Å². The molecule has 0 aliphatic carbocycles. The van der Waals surface area contributed by atoms with Crippen molar-refractivity contribution in [1.82, 2.24) is 0 Å². The van der Waals surface area contributed by atoms with Gasteiger partial charge in [-0.15, -0.1) is 0 Å². The van der Waals surface area contributed by atoms with Crippen LogP contribution in [0.25, 0.3) is 11.1 Å². The van der Waals surface area contributed by atoms with Crippen molar-refractivity contribution in [3.05, 3.63) is 47.5 Å². The lowest BCUT2D eigenvalue weighted by Crippen LogP contribution is -2.05. The zero-order valence-electron chi connectivity index (χ0n) is 12.3. The average molecular weight is 300 g/mol. The van der Waals surface area contributed by atoms with Crippen LogP contribution < -0.4 is 4.74 Å². The van der Waals surface area contributed by atoms with Crippen LogP contribution in [0.4, 0.5) is 0 Å². The van der Waals surface area contributed by atoms with Crippen molar-refractivity contribution in [3.8, 4) is 22.6 Å². The number of aldehydes is 1. The Morgan fingerprint density at radius 1 is 1.23 bits per heavy atom. The van der Waals surface area contributed by atoms with Gasteiger partial charge in [-0.3, -0.25) is 4.79 Å². The highest BCUT2D eigenvalue weighted by Gasteiger charge is 2.22. The molecule has 0 aliphatic heterocycles. The van der Waals surface area contributed by atoms with Gasteiger partial charge in [0.15, 0.2) is 6.29 Å². The highest BCUT2D eigenvalue weighted by Crippen LogP contribution is 2.40. The number of aromatic hydroxyl groups is 1. The Balaban J connectivity index is 2.77. The second-order valence-corrected chi connectivity index (χ2v) is 4.46. The molecule has 2 aromatic carbocycles. The molecule has 0 unspecified atom stereocenters. The Kier molecular flexibility index (Phi) is 4.78. The first-order valence-corrected chi connectivity index (χ1v) is 6.75. The normalized spacial score (nSPS) is 10.1. The number of methoxy groups -OCH3 is 1. The van der Waals surface area contributed by atoms with E-state index < -0.39 is 5.97 Å². The lowest BCUT2D eigenvalue weighted by Gasteiger charge is -2.15. The monoisotopic (exact) mass is 300 g/mol. The largest absolute Gasteiger partial charge is 0.507 e. The van der Waals surface area contributed by atoms with Gasteiger partial charge in [0.1, 0.15) is 11.5 Å². The van der Waals surface area contributed by atoms with E-state index >= 15 is 0 Å². The number of benzene rings is 2. The number of carbonyl (C=O) groups is 2. The molecule has 2 aromatic rings.